The van der Waals surface area contributed by atoms with Crippen molar-refractivity contribution in [3.8, 4) is 5.75 Å². The first-order chi connectivity index (χ1) is 12.3. The summed E-state index contributed by atoms with van der Waals surface area (Å²) in [6.07, 6.45) is 0.478. The monoisotopic (exact) mass is 414 g/mol. The van der Waals surface area contributed by atoms with E-state index in [4.69, 9.17) is 27.9 Å². The molecule has 26 heavy (non-hydrogen) atoms. The third-order valence-electron chi connectivity index (χ3n) is 3.88. The van der Waals surface area contributed by atoms with Crippen LogP contribution in [0, 0.1) is 0 Å². The quantitative estimate of drug-likeness (QED) is 0.832. The molecule has 0 radical (unpaired) electrons. The Balaban J connectivity index is 1.84. The lowest BCUT2D eigenvalue weighted by molar-refractivity contribution is -0.122. The van der Waals surface area contributed by atoms with Gasteiger partial charge in [-0.1, -0.05) is 35.3 Å². The fourth-order valence-electron chi connectivity index (χ4n) is 2.66. The number of nitrogens with zero attached hydrogens (tertiary/aromatic N) is 1. The van der Waals surface area contributed by atoms with Crippen molar-refractivity contribution in [3.63, 3.8) is 0 Å². The molecule has 9 heteroatoms. The van der Waals surface area contributed by atoms with E-state index in [9.17, 15) is 13.2 Å². The molecular weight excluding hydrogens is 399 g/mol. The van der Waals surface area contributed by atoms with E-state index in [-0.39, 0.29) is 13.0 Å². The number of amides is 1. The van der Waals surface area contributed by atoms with E-state index in [0.29, 0.717) is 27.2 Å². The van der Waals surface area contributed by atoms with Crippen LogP contribution < -0.4 is 14.4 Å². The highest BCUT2D eigenvalue weighted by Crippen LogP contribution is 2.34. The van der Waals surface area contributed by atoms with Crippen molar-refractivity contribution in [1.29, 1.82) is 0 Å². The minimum atomic E-state index is -3.49. The number of benzene rings is 2. The maximum absolute atomic E-state index is 12.6. The predicted octanol–water partition coefficient (Wildman–Crippen LogP) is 3.55. The summed E-state index contributed by atoms with van der Waals surface area (Å²) in [7, 11) is -3.49. The molecule has 1 amide bonds. The van der Waals surface area contributed by atoms with Gasteiger partial charge in [-0.15, -0.1) is 0 Å². The zero-order chi connectivity index (χ0) is 18.9. The second-order valence-corrected chi connectivity index (χ2v) is 8.54. The number of hydrogen-bond donors (Lipinski definition) is 1. The lowest BCUT2D eigenvalue weighted by Crippen LogP contribution is -2.35. The number of carbonyl (C=O) groups excluding carboxylic acids is 1. The molecular formula is C17H16Cl2N2O4S. The van der Waals surface area contributed by atoms with Gasteiger partial charge in [-0.25, -0.2) is 8.42 Å². The third kappa shape index (κ3) is 4.06. The topological polar surface area (TPSA) is 75.7 Å². The summed E-state index contributed by atoms with van der Waals surface area (Å²) < 4.78 is 31.2. The van der Waals surface area contributed by atoms with Crippen LogP contribution in [0.1, 0.15) is 6.42 Å². The summed E-state index contributed by atoms with van der Waals surface area (Å²) >= 11 is 11.8. The van der Waals surface area contributed by atoms with E-state index in [1.54, 1.807) is 36.4 Å². The normalized spacial score (nSPS) is 17.0. The Morgan fingerprint density at radius 1 is 1.19 bits per heavy atom. The number of hydrogen-bond acceptors (Lipinski definition) is 4. The van der Waals surface area contributed by atoms with Crippen LogP contribution in [0.5, 0.6) is 5.75 Å². The van der Waals surface area contributed by atoms with Crippen molar-refractivity contribution >= 4 is 50.5 Å². The van der Waals surface area contributed by atoms with Crippen molar-refractivity contribution in [2.24, 2.45) is 0 Å². The predicted molar refractivity (Wildman–Crippen MR) is 103 cm³/mol. The smallest absolute Gasteiger partial charge is 0.265 e. The molecule has 1 heterocycles. The van der Waals surface area contributed by atoms with Gasteiger partial charge in [0.1, 0.15) is 5.75 Å². The largest absolute Gasteiger partial charge is 0.478 e. The SMILES string of the molecule is CS(=O)(=O)N1CC[C@H](C(=O)Nc2ccc(Cl)c(Cl)c2)Oc2ccccc21. The average molecular weight is 415 g/mol. The standard InChI is InChI=1S/C17H16Cl2N2O4S/c1-26(23,24)21-9-8-16(25-15-5-3-2-4-14(15)21)17(22)20-11-6-7-12(18)13(19)10-11/h2-7,10,16H,8-9H2,1H3,(H,20,22)/t16-/m1/s1. The molecule has 0 fully saturated rings. The number of halogens is 2. The van der Waals surface area contributed by atoms with Gasteiger partial charge < -0.3 is 10.1 Å². The van der Waals surface area contributed by atoms with Crippen LogP contribution in [0.2, 0.25) is 10.0 Å². The molecule has 2 aromatic rings. The van der Waals surface area contributed by atoms with Crippen molar-refractivity contribution in [2.75, 3.05) is 22.4 Å². The molecule has 0 saturated carbocycles. The lowest BCUT2D eigenvalue weighted by atomic mass is 10.2. The molecule has 2 aromatic carbocycles. The maximum atomic E-state index is 12.6. The molecule has 0 spiro atoms. The van der Waals surface area contributed by atoms with Crippen molar-refractivity contribution < 1.29 is 17.9 Å². The number of carbonyl (C=O) groups is 1. The minimum Gasteiger partial charge on any atom is -0.478 e. The number of fused-ring (bicyclic) bond motifs is 1. The molecule has 138 valence electrons. The number of ether oxygens (including phenoxy) is 1. The van der Waals surface area contributed by atoms with E-state index < -0.39 is 22.0 Å². The average Bonchev–Trinajstić information content (AvgIpc) is 2.77. The number of anilines is 2. The maximum Gasteiger partial charge on any atom is 0.265 e. The number of nitrogens with one attached hydrogen (secondary N) is 1. The summed E-state index contributed by atoms with van der Waals surface area (Å²) in [5, 5.41) is 3.42. The zero-order valence-electron chi connectivity index (χ0n) is 13.8. The molecule has 0 unspecified atom stereocenters. The van der Waals surface area contributed by atoms with E-state index in [1.165, 1.54) is 10.4 Å². The number of rotatable bonds is 3. The van der Waals surface area contributed by atoms with Crippen LogP contribution in [0.25, 0.3) is 0 Å². The van der Waals surface area contributed by atoms with Crippen LogP contribution in [0.15, 0.2) is 42.5 Å². The van der Waals surface area contributed by atoms with Crippen LogP contribution in [-0.2, 0) is 14.8 Å². The highest BCUT2D eigenvalue weighted by Gasteiger charge is 2.31. The van der Waals surface area contributed by atoms with Gasteiger partial charge in [0, 0.05) is 18.7 Å². The minimum absolute atomic E-state index is 0.134. The molecule has 1 atom stereocenters. The Labute approximate surface area is 161 Å². The molecule has 3 rings (SSSR count). The molecule has 0 aliphatic carbocycles. The van der Waals surface area contributed by atoms with E-state index in [0.717, 1.165) is 6.26 Å². The van der Waals surface area contributed by atoms with Gasteiger partial charge in [0.25, 0.3) is 5.91 Å². The van der Waals surface area contributed by atoms with Gasteiger partial charge in [-0.2, -0.15) is 0 Å². The third-order valence-corrected chi connectivity index (χ3v) is 5.80. The molecule has 1 aliphatic rings. The van der Waals surface area contributed by atoms with Gasteiger partial charge in [0.05, 0.1) is 22.0 Å². The molecule has 6 nitrogen and oxygen atoms in total. The van der Waals surface area contributed by atoms with Crippen LogP contribution in [0.3, 0.4) is 0 Å². The van der Waals surface area contributed by atoms with Crippen LogP contribution >= 0.6 is 23.2 Å². The Morgan fingerprint density at radius 2 is 1.92 bits per heavy atom. The molecule has 1 N–H and O–H groups in total. The highest BCUT2D eigenvalue weighted by molar-refractivity contribution is 7.92. The summed E-state index contributed by atoms with van der Waals surface area (Å²) in [6, 6.07) is 11.5. The van der Waals surface area contributed by atoms with Gasteiger partial charge in [-0.3, -0.25) is 9.10 Å². The lowest BCUT2D eigenvalue weighted by Gasteiger charge is -2.20. The highest BCUT2D eigenvalue weighted by atomic mass is 35.5. The zero-order valence-corrected chi connectivity index (χ0v) is 16.1. The summed E-state index contributed by atoms with van der Waals surface area (Å²) in [5.74, 6) is -0.0572. The first-order valence-corrected chi connectivity index (χ1v) is 10.4. The number of sulfonamides is 1. The van der Waals surface area contributed by atoms with Gasteiger partial charge in [0.2, 0.25) is 10.0 Å². The first kappa shape index (κ1) is 18.8. The van der Waals surface area contributed by atoms with Crippen molar-refractivity contribution in [2.45, 2.75) is 12.5 Å². The fraction of sp³-hybridized carbons (Fsp3) is 0.235. The van der Waals surface area contributed by atoms with Crippen LogP contribution in [0.4, 0.5) is 11.4 Å². The summed E-state index contributed by atoms with van der Waals surface area (Å²) in [5.41, 5.74) is 0.894. The number of para-hydroxylation sites is 2. The van der Waals surface area contributed by atoms with Crippen molar-refractivity contribution in [1.82, 2.24) is 0 Å². The van der Waals surface area contributed by atoms with E-state index in [2.05, 4.69) is 5.32 Å². The first-order valence-electron chi connectivity index (χ1n) is 7.75. The Hall–Kier alpha value is -1.96. The van der Waals surface area contributed by atoms with Gasteiger partial charge in [-0.05, 0) is 30.3 Å². The van der Waals surface area contributed by atoms with E-state index >= 15 is 0 Å². The Morgan fingerprint density at radius 3 is 2.62 bits per heavy atom. The second-order valence-electron chi connectivity index (χ2n) is 5.82. The Kier molecular flexibility index (Phi) is 5.32. The Bertz CT molecular complexity index is 950. The van der Waals surface area contributed by atoms with Crippen LogP contribution in [-0.4, -0.2) is 33.2 Å². The fourth-order valence-corrected chi connectivity index (χ4v) is 3.90. The van der Waals surface area contributed by atoms with Gasteiger partial charge >= 0.3 is 0 Å². The van der Waals surface area contributed by atoms with E-state index in [1.807, 2.05) is 0 Å². The molecule has 0 aromatic heterocycles. The second kappa shape index (κ2) is 7.34. The molecule has 0 saturated heterocycles. The molecule has 0 bridgehead atoms. The molecule has 1 aliphatic heterocycles. The summed E-state index contributed by atoms with van der Waals surface area (Å²) in [6.45, 7) is 0.134. The van der Waals surface area contributed by atoms with Crippen molar-refractivity contribution in [3.05, 3.63) is 52.5 Å². The van der Waals surface area contributed by atoms with Gasteiger partial charge in [0.15, 0.2) is 6.10 Å². The summed E-state index contributed by atoms with van der Waals surface area (Å²) in [4.78, 5) is 12.6.